The van der Waals surface area contributed by atoms with E-state index in [1.54, 1.807) is 7.05 Å². The molecule has 0 radical (unpaired) electrons. The van der Waals surface area contributed by atoms with Gasteiger partial charge in [-0.25, -0.2) is 9.59 Å². The summed E-state index contributed by atoms with van der Waals surface area (Å²) in [7, 11) is 1.65. The van der Waals surface area contributed by atoms with Crippen molar-refractivity contribution in [3.63, 3.8) is 0 Å². The van der Waals surface area contributed by atoms with Crippen molar-refractivity contribution in [2.24, 2.45) is 0 Å². The fourth-order valence-corrected chi connectivity index (χ4v) is 4.18. The second-order valence-electron chi connectivity index (χ2n) is 7.98. The lowest BCUT2D eigenvalue weighted by molar-refractivity contribution is 0.116. The molecule has 1 aromatic heterocycles. The van der Waals surface area contributed by atoms with E-state index < -0.39 is 0 Å². The molecule has 1 unspecified atom stereocenters. The van der Waals surface area contributed by atoms with E-state index in [0.29, 0.717) is 19.1 Å². The average Bonchev–Trinajstić information content (AvgIpc) is 3.44. The second kappa shape index (κ2) is 7.73. The highest BCUT2D eigenvalue weighted by Crippen LogP contribution is 2.31. The van der Waals surface area contributed by atoms with Gasteiger partial charge in [0.2, 0.25) is 0 Å². The molecule has 0 spiro atoms. The number of aromatic amines is 1. The lowest BCUT2D eigenvalue weighted by atomic mass is 10.0. The fraction of sp³-hybridized carbons (Fsp3) is 0.524. The molecule has 3 N–H and O–H groups in total. The number of urea groups is 2. The number of likely N-dealkylation sites (tertiary alicyclic amines) is 1. The third-order valence-corrected chi connectivity index (χ3v) is 5.73. The Balaban J connectivity index is 1.41. The van der Waals surface area contributed by atoms with E-state index in [1.165, 1.54) is 5.56 Å². The number of nitrogens with one attached hydrogen (secondary N) is 3. The molecule has 150 valence electrons. The Morgan fingerprint density at radius 2 is 2.04 bits per heavy atom. The maximum absolute atomic E-state index is 13.0. The molecule has 28 heavy (non-hydrogen) atoms. The number of nitrogens with zero attached hydrogens (tertiary/aromatic N) is 2. The van der Waals surface area contributed by atoms with Crippen LogP contribution < -0.4 is 10.6 Å². The number of H-pyrrole nitrogens is 1. The molecule has 2 fully saturated rings. The van der Waals surface area contributed by atoms with Gasteiger partial charge in [0.15, 0.2) is 0 Å². The summed E-state index contributed by atoms with van der Waals surface area (Å²) in [6.07, 6.45) is 3.98. The van der Waals surface area contributed by atoms with Gasteiger partial charge in [-0.2, -0.15) is 0 Å². The molecule has 1 aliphatic carbocycles. The number of hydrogen-bond acceptors (Lipinski definition) is 2. The van der Waals surface area contributed by atoms with E-state index in [-0.39, 0.29) is 18.1 Å². The first kappa shape index (κ1) is 18.7. The van der Waals surface area contributed by atoms with Gasteiger partial charge in [0.25, 0.3) is 0 Å². The van der Waals surface area contributed by atoms with Crippen molar-refractivity contribution in [1.29, 1.82) is 0 Å². The van der Waals surface area contributed by atoms with Crippen molar-refractivity contribution < 1.29 is 9.59 Å². The van der Waals surface area contributed by atoms with Crippen LogP contribution in [0.2, 0.25) is 0 Å². The normalized spacial score (nSPS) is 19.5. The van der Waals surface area contributed by atoms with Gasteiger partial charge in [0.05, 0.1) is 12.6 Å². The lowest BCUT2D eigenvalue weighted by Crippen LogP contribution is -2.56. The van der Waals surface area contributed by atoms with E-state index in [2.05, 4.69) is 46.8 Å². The van der Waals surface area contributed by atoms with Gasteiger partial charge in [0.1, 0.15) is 0 Å². The number of carbonyl (C=O) groups is 2. The van der Waals surface area contributed by atoms with Crippen molar-refractivity contribution in [3.8, 4) is 0 Å². The summed E-state index contributed by atoms with van der Waals surface area (Å²) in [4.78, 5) is 32.2. The summed E-state index contributed by atoms with van der Waals surface area (Å²) in [5.74, 6) is 0. The van der Waals surface area contributed by atoms with Gasteiger partial charge in [-0.1, -0.05) is 11.6 Å². The minimum Gasteiger partial charge on any atom is -0.357 e. The number of benzene rings is 1. The predicted molar refractivity (Wildman–Crippen MR) is 109 cm³/mol. The quantitative estimate of drug-likeness (QED) is 0.759. The van der Waals surface area contributed by atoms with Crippen LogP contribution in [0.25, 0.3) is 10.9 Å². The third kappa shape index (κ3) is 3.93. The Labute approximate surface area is 165 Å². The highest BCUT2D eigenvalue weighted by atomic mass is 16.2. The molecule has 2 aliphatic rings. The summed E-state index contributed by atoms with van der Waals surface area (Å²) < 4.78 is 0. The summed E-state index contributed by atoms with van der Waals surface area (Å²) >= 11 is 0. The molecule has 2 heterocycles. The SMILES string of the molecule is CNC(=O)N1CCCC(N(C(=O)NCc2cc3cc(C)ccc3[nH]2)C2CC2)C1. The molecule has 1 saturated heterocycles. The van der Waals surface area contributed by atoms with Crippen LogP contribution in [0, 0.1) is 6.92 Å². The molecule has 1 atom stereocenters. The minimum atomic E-state index is -0.0609. The second-order valence-corrected chi connectivity index (χ2v) is 7.98. The number of amides is 4. The van der Waals surface area contributed by atoms with Gasteiger partial charge in [0, 0.05) is 37.4 Å². The summed E-state index contributed by atoms with van der Waals surface area (Å²) in [5, 5.41) is 6.95. The molecule has 0 bridgehead atoms. The molecule has 7 heteroatoms. The molecule has 4 rings (SSSR count). The molecule has 1 aromatic carbocycles. The summed E-state index contributed by atoms with van der Waals surface area (Å²) in [6.45, 7) is 3.91. The van der Waals surface area contributed by atoms with Crippen LogP contribution in [0.3, 0.4) is 0 Å². The molecule has 1 aliphatic heterocycles. The van der Waals surface area contributed by atoms with Gasteiger partial charge in [-0.3, -0.25) is 0 Å². The first-order valence-corrected chi connectivity index (χ1v) is 10.2. The standard InChI is InChI=1S/C21H29N5O2/c1-14-5-8-19-15(10-14)11-16(24-19)12-23-21(28)26(17-6-7-17)18-4-3-9-25(13-18)20(27)22-2/h5,8,10-11,17-18,24H,3-4,6-7,9,12-13H2,1-2H3,(H,22,27)(H,23,28). The molecule has 7 nitrogen and oxygen atoms in total. The monoisotopic (exact) mass is 383 g/mol. The number of aryl methyl sites for hydroxylation is 1. The van der Waals surface area contributed by atoms with Gasteiger partial charge < -0.3 is 25.4 Å². The molecule has 2 aromatic rings. The van der Waals surface area contributed by atoms with Crippen LogP contribution in [0.4, 0.5) is 9.59 Å². The molecule has 1 saturated carbocycles. The Hall–Kier alpha value is -2.70. The van der Waals surface area contributed by atoms with E-state index in [0.717, 1.165) is 48.8 Å². The smallest absolute Gasteiger partial charge is 0.318 e. The summed E-state index contributed by atoms with van der Waals surface area (Å²) in [6, 6.07) is 8.69. The number of rotatable bonds is 4. The first-order chi connectivity index (χ1) is 13.5. The number of carbonyl (C=O) groups excluding carboxylic acids is 2. The van der Waals surface area contributed by atoms with E-state index >= 15 is 0 Å². The minimum absolute atomic E-state index is 0.0268. The van der Waals surface area contributed by atoms with E-state index in [4.69, 9.17) is 0 Å². The van der Waals surface area contributed by atoms with Crippen LogP contribution in [-0.2, 0) is 6.54 Å². The Morgan fingerprint density at radius 3 is 2.79 bits per heavy atom. The van der Waals surface area contributed by atoms with Crippen LogP contribution in [-0.4, -0.2) is 59.1 Å². The first-order valence-electron chi connectivity index (χ1n) is 10.2. The van der Waals surface area contributed by atoms with Crippen molar-refractivity contribution in [2.45, 2.75) is 51.2 Å². The van der Waals surface area contributed by atoms with Crippen molar-refractivity contribution >= 4 is 23.0 Å². The predicted octanol–water partition coefficient (Wildman–Crippen LogP) is 2.95. The zero-order valence-corrected chi connectivity index (χ0v) is 16.6. The topological polar surface area (TPSA) is 80.5 Å². The largest absolute Gasteiger partial charge is 0.357 e. The average molecular weight is 383 g/mol. The van der Waals surface area contributed by atoms with Gasteiger partial charge in [-0.15, -0.1) is 0 Å². The Morgan fingerprint density at radius 1 is 1.21 bits per heavy atom. The van der Waals surface area contributed by atoms with Crippen LogP contribution >= 0.6 is 0 Å². The molecule has 4 amide bonds. The maximum Gasteiger partial charge on any atom is 0.318 e. The zero-order valence-electron chi connectivity index (χ0n) is 16.6. The molecular weight excluding hydrogens is 354 g/mol. The number of piperidine rings is 1. The summed E-state index contributed by atoms with van der Waals surface area (Å²) in [5.41, 5.74) is 3.31. The highest BCUT2D eigenvalue weighted by Gasteiger charge is 2.39. The fourth-order valence-electron chi connectivity index (χ4n) is 4.18. The highest BCUT2D eigenvalue weighted by molar-refractivity contribution is 5.81. The maximum atomic E-state index is 13.0. The Kier molecular flexibility index (Phi) is 5.15. The van der Waals surface area contributed by atoms with E-state index in [9.17, 15) is 9.59 Å². The third-order valence-electron chi connectivity index (χ3n) is 5.73. The lowest BCUT2D eigenvalue weighted by Gasteiger charge is -2.39. The van der Waals surface area contributed by atoms with Gasteiger partial charge >= 0.3 is 12.1 Å². The van der Waals surface area contributed by atoms with Crippen LogP contribution in [0.15, 0.2) is 24.3 Å². The number of hydrogen-bond donors (Lipinski definition) is 3. The van der Waals surface area contributed by atoms with Crippen molar-refractivity contribution in [2.75, 3.05) is 20.1 Å². The molecular formula is C21H29N5O2. The Bertz CT molecular complexity index is 873. The number of fused-ring (bicyclic) bond motifs is 1. The van der Waals surface area contributed by atoms with Gasteiger partial charge in [-0.05, 0) is 56.2 Å². The van der Waals surface area contributed by atoms with Crippen LogP contribution in [0.1, 0.15) is 36.9 Å². The van der Waals surface area contributed by atoms with E-state index in [1.807, 2.05) is 9.80 Å². The zero-order chi connectivity index (χ0) is 19.7. The number of aromatic nitrogens is 1. The van der Waals surface area contributed by atoms with Crippen LogP contribution in [0.5, 0.6) is 0 Å². The van der Waals surface area contributed by atoms with Crippen molar-refractivity contribution in [3.05, 3.63) is 35.5 Å². The van der Waals surface area contributed by atoms with Crippen molar-refractivity contribution in [1.82, 2.24) is 25.4 Å².